The summed E-state index contributed by atoms with van der Waals surface area (Å²) in [5, 5.41) is 2.60. The number of nitrogen functional groups attached to an aromatic ring is 1. The molecule has 0 unspecified atom stereocenters. The molecule has 1 atom stereocenters. The van der Waals surface area contributed by atoms with Crippen molar-refractivity contribution in [3.63, 3.8) is 0 Å². The lowest BCUT2D eigenvalue weighted by molar-refractivity contribution is -0.136. The number of nitrogens with one attached hydrogen (secondary N) is 1. The smallest absolute Gasteiger partial charge is 0.368 e. The Balaban J connectivity index is 1.98. The standard InChI is InChI=1S/C21H16BrF3N6O/c1-11(28-17-14(22)10-27-20(26)30-17)18-29-15-9-5-8-13(21(23,24)25)16(15)19(32)31(18)12-6-3-2-4-7-12/h2-11H,1H3,(H3,26,27,28,30)/t11-/m1/s1. The average molecular weight is 505 g/mol. The molecule has 2 aromatic heterocycles. The third-order valence-corrected chi connectivity index (χ3v) is 5.33. The molecule has 0 amide bonds. The monoisotopic (exact) mass is 504 g/mol. The Morgan fingerprint density at radius 3 is 2.50 bits per heavy atom. The molecule has 7 nitrogen and oxygen atoms in total. The predicted octanol–water partition coefficient (Wildman–Crippen LogP) is 4.71. The fraction of sp³-hybridized carbons (Fsp3) is 0.143. The number of anilines is 2. The maximum Gasteiger partial charge on any atom is 0.417 e. The maximum absolute atomic E-state index is 13.6. The highest BCUT2D eigenvalue weighted by atomic mass is 79.9. The first-order chi connectivity index (χ1) is 15.2. The number of rotatable bonds is 4. The number of nitrogens with zero attached hydrogens (tertiary/aromatic N) is 4. The van der Waals surface area contributed by atoms with Crippen LogP contribution in [0.4, 0.5) is 24.9 Å². The van der Waals surface area contributed by atoms with Gasteiger partial charge in [0.1, 0.15) is 11.6 Å². The SMILES string of the molecule is C[C@@H](Nc1nc(N)ncc1Br)c1nc2cccc(C(F)(F)F)c2c(=O)n1-c1ccccc1. The van der Waals surface area contributed by atoms with Crippen LogP contribution in [0.3, 0.4) is 0 Å². The Bertz CT molecular complexity index is 1360. The third kappa shape index (κ3) is 4.03. The van der Waals surface area contributed by atoms with Crippen molar-refractivity contribution in [1.82, 2.24) is 19.5 Å². The van der Waals surface area contributed by atoms with Crippen molar-refractivity contribution in [3.8, 4) is 5.69 Å². The second-order valence-electron chi connectivity index (χ2n) is 6.93. The first-order valence-electron chi connectivity index (χ1n) is 9.39. The van der Waals surface area contributed by atoms with Gasteiger partial charge in [0.25, 0.3) is 5.56 Å². The van der Waals surface area contributed by atoms with Gasteiger partial charge in [-0.1, -0.05) is 24.3 Å². The number of para-hydroxylation sites is 1. The molecular formula is C21H16BrF3N6O. The van der Waals surface area contributed by atoms with Crippen LogP contribution in [0.5, 0.6) is 0 Å². The first-order valence-corrected chi connectivity index (χ1v) is 10.2. The zero-order chi connectivity index (χ0) is 23.0. The lowest BCUT2D eigenvalue weighted by Crippen LogP contribution is -2.29. The second kappa shape index (κ2) is 8.23. The van der Waals surface area contributed by atoms with Crippen LogP contribution in [-0.2, 0) is 6.18 Å². The summed E-state index contributed by atoms with van der Waals surface area (Å²) in [4.78, 5) is 25.9. The van der Waals surface area contributed by atoms with E-state index < -0.39 is 28.7 Å². The molecule has 0 spiro atoms. The maximum atomic E-state index is 13.6. The van der Waals surface area contributed by atoms with Crippen molar-refractivity contribution in [1.29, 1.82) is 0 Å². The molecule has 0 fully saturated rings. The van der Waals surface area contributed by atoms with Crippen molar-refractivity contribution in [2.75, 3.05) is 11.1 Å². The van der Waals surface area contributed by atoms with E-state index in [9.17, 15) is 18.0 Å². The number of halogens is 4. The minimum absolute atomic E-state index is 0.0321. The van der Waals surface area contributed by atoms with Gasteiger partial charge in [-0.3, -0.25) is 9.36 Å². The van der Waals surface area contributed by atoms with E-state index in [1.54, 1.807) is 37.3 Å². The largest absolute Gasteiger partial charge is 0.417 e. The number of nitrogens with two attached hydrogens (primary N) is 1. The number of aromatic nitrogens is 4. The van der Waals surface area contributed by atoms with E-state index in [0.717, 1.165) is 6.07 Å². The van der Waals surface area contributed by atoms with Crippen LogP contribution >= 0.6 is 15.9 Å². The third-order valence-electron chi connectivity index (χ3n) is 4.75. The second-order valence-corrected chi connectivity index (χ2v) is 7.79. The Morgan fingerprint density at radius 2 is 1.81 bits per heavy atom. The van der Waals surface area contributed by atoms with Gasteiger partial charge in [-0.15, -0.1) is 0 Å². The highest BCUT2D eigenvalue weighted by Crippen LogP contribution is 2.34. The summed E-state index contributed by atoms with van der Waals surface area (Å²) >= 11 is 3.32. The minimum atomic E-state index is -4.70. The van der Waals surface area contributed by atoms with Gasteiger partial charge >= 0.3 is 6.18 Å². The van der Waals surface area contributed by atoms with Gasteiger partial charge in [0.2, 0.25) is 5.95 Å². The van der Waals surface area contributed by atoms with Crippen molar-refractivity contribution in [3.05, 3.63) is 80.9 Å². The molecule has 4 rings (SSSR count). The quantitative estimate of drug-likeness (QED) is 0.417. The Hall–Kier alpha value is -3.47. The molecule has 0 radical (unpaired) electrons. The van der Waals surface area contributed by atoms with Gasteiger partial charge in [-0.25, -0.2) is 9.97 Å². The van der Waals surface area contributed by atoms with E-state index in [1.807, 2.05) is 0 Å². The molecule has 164 valence electrons. The topological polar surface area (TPSA) is 98.7 Å². The van der Waals surface area contributed by atoms with Crippen LogP contribution in [0, 0.1) is 0 Å². The molecule has 3 N–H and O–H groups in total. The van der Waals surface area contributed by atoms with E-state index in [1.165, 1.54) is 22.9 Å². The summed E-state index contributed by atoms with van der Waals surface area (Å²) in [5.74, 6) is 0.588. The molecule has 0 aliphatic rings. The van der Waals surface area contributed by atoms with E-state index in [4.69, 9.17) is 5.73 Å². The van der Waals surface area contributed by atoms with Gasteiger partial charge in [0, 0.05) is 6.20 Å². The van der Waals surface area contributed by atoms with Gasteiger partial charge in [0.15, 0.2) is 0 Å². The van der Waals surface area contributed by atoms with Crippen LogP contribution in [0.25, 0.3) is 16.6 Å². The van der Waals surface area contributed by atoms with Crippen LogP contribution < -0.4 is 16.6 Å². The van der Waals surface area contributed by atoms with Crippen molar-refractivity contribution >= 4 is 38.6 Å². The number of alkyl halides is 3. The Kier molecular flexibility index (Phi) is 5.59. The minimum Gasteiger partial charge on any atom is -0.368 e. The fourth-order valence-electron chi connectivity index (χ4n) is 3.35. The lowest BCUT2D eigenvalue weighted by atomic mass is 10.1. The molecule has 0 bridgehead atoms. The van der Waals surface area contributed by atoms with Crippen LogP contribution in [0.15, 0.2) is 64.0 Å². The van der Waals surface area contributed by atoms with E-state index in [0.29, 0.717) is 16.0 Å². The van der Waals surface area contributed by atoms with Crippen LogP contribution in [0.2, 0.25) is 0 Å². The molecule has 11 heteroatoms. The van der Waals surface area contributed by atoms with Gasteiger partial charge in [-0.05, 0) is 47.1 Å². The molecule has 4 aromatic rings. The Labute approximate surface area is 188 Å². The fourth-order valence-corrected chi connectivity index (χ4v) is 3.66. The zero-order valence-electron chi connectivity index (χ0n) is 16.6. The summed E-state index contributed by atoms with van der Waals surface area (Å²) in [6.45, 7) is 1.71. The summed E-state index contributed by atoms with van der Waals surface area (Å²) in [6, 6.07) is 11.2. The molecule has 0 saturated heterocycles. The summed E-state index contributed by atoms with van der Waals surface area (Å²) in [5.41, 5.74) is 4.14. The van der Waals surface area contributed by atoms with E-state index in [2.05, 4.69) is 36.2 Å². The van der Waals surface area contributed by atoms with Crippen molar-refractivity contribution in [2.24, 2.45) is 0 Å². The molecule has 0 aliphatic carbocycles. The van der Waals surface area contributed by atoms with Crippen molar-refractivity contribution < 1.29 is 13.2 Å². The predicted molar refractivity (Wildman–Crippen MR) is 119 cm³/mol. The molecule has 2 aromatic carbocycles. The lowest BCUT2D eigenvalue weighted by Gasteiger charge is -2.21. The molecule has 0 aliphatic heterocycles. The number of hydrogen-bond donors (Lipinski definition) is 2. The van der Waals surface area contributed by atoms with Crippen LogP contribution in [-0.4, -0.2) is 19.5 Å². The van der Waals surface area contributed by atoms with Crippen molar-refractivity contribution in [2.45, 2.75) is 19.1 Å². The van der Waals surface area contributed by atoms with E-state index in [-0.39, 0.29) is 17.3 Å². The highest BCUT2D eigenvalue weighted by Gasteiger charge is 2.34. The van der Waals surface area contributed by atoms with Gasteiger partial charge in [-0.2, -0.15) is 18.2 Å². The number of hydrogen-bond acceptors (Lipinski definition) is 6. The first kappa shape index (κ1) is 21.8. The van der Waals surface area contributed by atoms with E-state index >= 15 is 0 Å². The highest BCUT2D eigenvalue weighted by molar-refractivity contribution is 9.10. The zero-order valence-corrected chi connectivity index (χ0v) is 18.1. The molecule has 32 heavy (non-hydrogen) atoms. The van der Waals surface area contributed by atoms with Crippen LogP contribution in [0.1, 0.15) is 24.4 Å². The molecular weight excluding hydrogens is 489 g/mol. The Morgan fingerprint density at radius 1 is 1.09 bits per heavy atom. The average Bonchev–Trinajstić information content (AvgIpc) is 2.75. The van der Waals surface area contributed by atoms with Gasteiger partial charge < -0.3 is 11.1 Å². The normalized spacial score (nSPS) is 12.7. The number of fused-ring (bicyclic) bond motifs is 1. The molecule has 2 heterocycles. The summed E-state index contributed by atoms with van der Waals surface area (Å²) in [7, 11) is 0. The number of benzene rings is 2. The summed E-state index contributed by atoms with van der Waals surface area (Å²) in [6.07, 6.45) is -3.24. The summed E-state index contributed by atoms with van der Waals surface area (Å²) < 4.78 is 42.6. The molecule has 0 saturated carbocycles. The van der Waals surface area contributed by atoms with Gasteiger partial charge in [0.05, 0.1) is 32.7 Å².